The van der Waals surface area contributed by atoms with E-state index < -0.39 is 27.3 Å². The molecule has 0 radical (unpaired) electrons. The third kappa shape index (κ3) is 7.54. The summed E-state index contributed by atoms with van der Waals surface area (Å²) in [5, 5.41) is 5.42. The number of aromatic nitrogens is 4. The molecule has 3 aromatic heterocycles. The molecule has 0 spiro atoms. The second-order valence-corrected chi connectivity index (χ2v) is 14.3. The molecule has 0 aliphatic carbocycles. The van der Waals surface area contributed by atoms with Crippen LogP contribution in [0.3, 0.4) is 0 Å². The van der Waals surface area contributed by atoms with Crippen molar-refractivity contribution in [3.05, 3.63) is 84.3 Å². The Bertz CT molecular complexity index is 2040. The highest BCUT2D eigenvalue weighted by Gasteiger charge is 2.27. The Kier molecular flexibility index (Phi) is 8.38. The van der Waals surface area contributed by atoms with Gasteiger partial charge in [-0.3, -0.25) is 9.40 Å². The van der Waals surface area contributed by atoms with Crippen LogP contribution >= 0.6 is 0 Å². The predicted molar refractivity (Wildman–Crippen MR) is 177 cm³/mol. The lowest BCUT2D eigenvalue weighted by Crippen LogP contribution is -2.50. The fraction of sp³-hybridized carbons (Fsp3) is 0.303. The minimum Gasteiger partial charge on any atom is -0.444 e. The van der Waals surface area contributed by atoms with E-state index in [0.717, 1.165) is 34.4 Å². The van der Waals surface area contributed by atoms with E-state index in [4.69, 9.17) is 4.74 Å². The smallest absolute Gasteiger partial charge is 0.410 e. The Hall–Kier alpha value is -4.98. The summed E-state index contributed by atoms with van der Waals surface area (Å²) >= 11 is 0. The van der Waals surface area contributed by atoms with Crippen LogP contribution < -0.4 is 9.62 Å². The van der Waals surface area contributed by atoms with Crippen molar-refractivity contribution in [2.45, 2.75) is 32.9 Å². The average molecular weight is 664 g/mol. The van der Waals surface area contributed by atoms with Gasteiger partial charge < -0.3 is 19.5 Å². The lowest BCUT2D eigenvalue weighted by Gasteiger charge is -2.37. The monoisotopic (exact) mass is 663 g/mol. The van der Waals surface area contributed by atoms with Crippen molar-refractivity contribution in [3.63, 3.8) is 0 Å². The van der Waals surface area contributed by atoms with E-state index >= 15 is 0 Å². The van der Waals surface area contributed by atoms with E-state index in [1.54, 1.807) is 34.2 Å². The molecule has 1 aliphatic heterocycles. The van der Waals surface area contributed by atoms with Crippen molar-refractivity contribution in [1.29, 1.82) is 0 Å². The number of carbonyl (C=O) groups excluding carboxylic acids is 1. The van der Waals surface area contributed by atoms with Crippen LogP contribution in [0, 0.1) is 11.6 Å². The number of fused-ring (bicyclic) bond motifs is 1. The summed E-state index contributed by atoms with van der Waals surface area (Å²) in [4.78, 5) is 24.0. The molecule has 11 nitrogen and oxygen atoms in total. The standard InChI is InChI=1S/C33H35F2N7O4S/c1-33(2,3)46-32(43)41-11-9-40(10-12-41)30-6-5-22(16-29(30)39-47(4,44)45)23-15-26-27(19-37-31(26)36-18-23)28-7-8-42(38-28)20-21-13-24(34)17-25(35)14-21/h5-8,13-19,39H,9-12,20H2,1-4H3,(H,36,37). The van der Waals surface area contributed by atoms with Gasteiger partial charge >= 0.3 is 6.09 Å². The zero-order chi connectivity index (χ0) is 33.5. The lowest BCUT2D eigenvalue weighted by atomic mass is 10.0. The number of rotatable bonds is 7. The Morgan fingerprint density at radius 2 is 1.72 bits per heavy atom. The fourth-order valence-electron chi connectivity index (χ4n) is 5.59. The summed E-state index contributed by atoms with van der Waals surface area (Å²) in [5.74, 6) is -1.29. The topological polar surface area (TPSA) is 125 Å². The van der Waals surface area contributed by atoms with E-state index in [0.29, 0.717) is 54.5 Å². The Morgan fingerprint density at radius 3 is 2.40 bits per heavy atom. The molecule has 5 aromatic rings. The Labute approximate surface area is 271 Å². The maximum Gasteiger partial charge on any atom is 0.410 e. The van der Waals surface area contributed by atoms with Crippen molar-refractivity contribution >= 4 is 38.5 Å². The number of nitrogens with one attached hydrogen (secondary N) is 2. The number of anilines is 2. The number of hydrogen-bond donors (Lipinski definition) is 2. The first kappa shape index (κ1) is 32.0. The van der Waals surface area contributed by atoms with Crippen molar-refractivity contribution in [3.8, 4) is 22.4 Å². The lowest BCUT2D eigenvalue weighted by molar-refractivity contribution is 0.0240. The van der Waals surface area contributed by atoms with Crippen LogP contribution in [0.5, 0.6) is 0 Å². The Morgan fingerprint density at radius 1 is 1.00 bits per heavy atom. The highest BCUT2D eigenvalue weighted by Crippen LogP contribution is 2.35. The number of hydrogen-bond acceptors (Lipinski definition) is 7. The SMILES string of the molecule is CC(C)(C)OC(=O)N1CCN(c2ccc(-c3cnc4[nH]cc(-c5ccn(Cc6cc(F)cc(F)c6)n5)c4c3)cc2NS(C)(=O)=O)CC1. The van der Waals surface area contributed by atoms with Gasteiger partial charge in [-0.25, -0.2) is 27.0 Å². The number of aromatic amines is 1. The second kappa shape index (κ2) is 12.3. The molecule has 1 aliphatic rings. The van der Waals surface area contributed by atoms with Gasteiger partial charge in [-0.2, -0.15) is 5.10 Å². The van der Waals surface area contributed by atoms with E-state index in [1.165, 1.54) is 12.1 Å². The molecule has 1 saturated heterocycles. The summed E-state index contributed by atoms with van der Waals surface area (Å²) < 4.78 is 61.9. The summed E-state index contributed by atoms with van der Waals surface area (Å²) in [6.45, 7) is 7.52. The Balaban J connectivity index is 1.26. The molecule has 4 heterocycles. The minimum atomic E-state index is -3.61. The van der Waals surface area contributed by atoms with Gasteiger partial charge in [-0.1, -0.05) is 6.07 Å². The molecular formula is C33H35F2N7O4S. The van der Waals surface area contributed by atoms with Gasteiger partial charge in [0.1, 0.15) is 22.9 Å². The van der Waals surface area contributed by atoms with Crippen LogP contribution in [0.4, 0.5) is 25.0 Å². The maximum absolute atomic E-state index is 13.7. The van der Waals surface area contributed by atoms with Crippen LogP contribution in [0.2, 0.25) is 0 Å². The van der Waals surface area contributed by atoms with Crippen LogP contribution in [-0.2, 0) is 21.3 Å². The highest BCUT2D eigenvalue weighted by molar-refractivity contribution is 7.92. The van der Waals surface area contributed by atoms with Crippen LogP contribution in [0.1, 0.15) is 26.3 Å². The first-order chi connectivity index (χ1) is 22.2. The number of pyridine rings is 1. The number of benzene rings is 2. The quantitative estimate of drug-likeness (QED) is 0.224. The molecule has 2 N–H and O–H groups in total. The largest absolute Gasteiger partial charge is 0.444 e. The van der Waals surface area contributed by atoms with E-state index in [1.807, 2.05) is 49.9 Å². The highest BCUT2D eigenvalue weighted by atomic mass is 32.2. The van der Waals surface area contributed by atoms with E-state index in [9.17, 15) is 22.0 Å². The molecule has 1 amide bonds. The van der Waals surface area contributed by atoms with Crippen LogP contribution in [0.25, 0.3) is 33.4 Å². The molecule has 246 valence electrons. The molecule has 14 heteroatoms. The number of sulfonamides is 1. The molecule has 2 aromatic carbocycles. The van der Waals surface area contributed by atoms with Gasteiger partial charge in [-0.15, -0.1) is 0 Å². The third-order valence-electron chi connectivity index (χ3n) is 7.61. The first-order valence-electron chi connectivity index (χ1n) is 15.0. The van der Waals surface area contributed by atoms with Crippen LogP contribution in [0.15, 0.2) is 67.1 Å². The van der Waals surface area contributed by atoms with Gasteiger partial charge in [0, 0.05) is 67.3 Å². The number of ether oxygens (including phenoxy) is 1. The van der Waals surface area contributed by atoms with Crippen molar-refractivity contribution in [2.24, 2.45) is 0 Å². The minimum absolute atomic E-state index is 0.194. The fourth-order valence-corrected chi connectivity index (χ4v) is 6.15. The van der Waals surface area contributed by atoms with Gasteiger partial charge in [-0.05, 0) is 68.3 Å². The number of amides is 1. The molecule has 0 bridgehead atoms. The number of carbonyl (C=O) groups is 1. The van der Waals surface area contributed by atoms with E-state index in [2.05, 4.69) is 19.8 Å². The van der Waals surface area contributed by atoms with Gasteiger partial charge in [0.2, 0.25) is 10.0 Å². The van der Waals surface area contributed by atoms with Gasteiger partial charge in [0.15, 0.2) is 0 Å². The molecule has 1 fully saturated rings. The average Bonchev–Trinajstić information content (AvgIpc) is 3.61. The molecule has 0 saturated carbocycles. The summed E-state index contributed by atoms with van der Waals surface area (Å²) in [6, 6.07) is 12.7. The number of halogens is 2. The molecule has 6 rings (SSSR count). The van der Waals surface area contributed by atoms with Gasteiger partial charge in [0.25, 0.3) is 0 Å². The summed E-state index contributed by atoms with van der Waals surface area (Å²) in [6.07, 6.45) is 5.98. The zero-order valence-corrected chi connectivity index (χ0v) is 27.2. The summed E-state index contributed by atoms with van der Waals surface area (Å²) in [7, 11) is -3.61. The molecule has 0 atom stereocenters. The summed E-state index contributed by atoms with van der Waals surface area (Å²) in [5.41, 5.74) is 4.54. The maximum atomic E-state index is 13.7. The molecular weight excluding hydrogens is 628 g/mol. The van der Waals surface area contributed by atoms with Crippen molar-refractivity contribution in [1.82, 2.24) is 24.6 Å². The first-order valence-corrected chi connectivity index (χ1v) is 16.9. The number of piperazine rings is 1. The normalized spacial score (nSPS) is 14.1. The molecule has 0 unspecified atom stereocenters. The van der Waals surface area contributed by atoms with E-state index in [-0.39, 0.29) is 12.6 Å². The second-order valence-electron chi connectivity index (χ2n) is 12.6. The third-order valence-corrected chi connectivity index (χ3v) is 8.20. The van der Waals surface area contributed by atoms with Crippen LogP contribution in [-0.4, -0.2) is 77.2 Å². The van der Waals surface area contributed by atoms with Crippen molar-refractivity contribution < 1.29 is 26.7 Å². The predicted octanol–water partition coefficient (Wildman–Crippen LogP) is 5.85. The van der Waals surface area contributed by atoms with Crippen molar-refractivity contribution in [2.75, 3.05) is 42.1 Å². The van der Waals surface area contributed by atoms with Gasteiger partial charge in [0.05, 0.1) is 29.9 Å². The molecule has 47 heavy (non-hydrogen) atoms. The number of H-pyrrole nitrogens is 1. The zero-order valence-electron chi connectivity index (χ0n) is 26.4. The number of nitrogens with zero attached hydrogens (tertiary/aromatic N) is 5.